The first-order valence-corrected chi connectivity index (χ1v) is 6.45. The van der Waals surface area contributed by atoms with E-state index in [0.717, 1.165) is 25.3 Å². The lowest BCUT2D eigenvalue weighted by Crippen LogP contribution is -2.49. The molecule has 0 saturated heterocycles. The van der Waals surface area contributed by atoms with E-state index in [0.29, 0.717) is 6.07 Å². The summed E-state index contributed by atoms with van der Waals surface area (Å²) in [4.78, 5) is 22.2. The second-order valence-electron chi connectivity index (χ2n) is 5.07. The van der Waals surface area contributed by atoms with E-state index in [1.54, 1.807) is 7.11 Å². The maximum Gasteiger partial charge on any atom is 0.285 e. The van der Waals surface area contributed by atoms with Crippen molar-refractivity contribution in [3.63, 3.8) is 0 Å². The van der Waals surface area contributed by atoms with E-state index >= 15 is 0 Å². The first-order chi connectivity index (χ1) is 9.88. The molecule has 21 heavy (non-hydrogen) atoms. The van der Waals surface area contributed by atoms with E-state index in [1.165, 1.54) is 0 Å². The summed E-state index contributed by atoms with van der Waals surface area (Å²) in [5.74, 6) is -1.60. The average molecular weight is 297 g/mol. The van der Waals surface area contributed by atoms with E-state index in [1.807, 2.05) is 0 Å². The lowest BCUT2D eigenvalue weighted by molar-refractivity contribution is -0.385. The highest BCUT2D eigenvalue weighted by atomic mass is 19.1. The number of anilines is 1. The molecule has 2 rings (SSSR count). The third-order valence-corrected chi connectivity index (χ3v) is 3.83. The quantitative estimate of drug-likeness (QED) is 0.488. The van der Waals surface area contributed by atoms with Crippen LogP contribution in [-0.4, -0.2) is 30.1 Å². The Labute approximate surface area is 120 Å². The molecule has 1 aromatic rings. The van der Waals surface area contributed by atoms with Crippen molar-refractivity contribution < 1.29 is 18.8 Å². The number of nitrogens with two attached hydrogens (primary N) is 1. The topological polar surface area (TPSA) is 107 Å². The number of hydrogen-bond donors (Lipinski definition) is 2. The van der Waals surface area contributed by atoms with Crippen LogP contribution in [0.1, 0.15) is 29.6 Å². The summed E-state index contributed by atoms with van der Waals surface area (Å²) in [5.41, 5.74) is 3.78. The zero-order valence-corrected chi connectivity index (χ0v) is 11.5. The standard InChI is InChI=1S/C13H16FN3O4/c1-21-13(3-2-4-13)7-16-12(18)8-5-10(15)9(14)6-11(8)17(19)20/h5-6H,2-4,7,15H2,1H3,(H,16,18). The van der Waals surface area contributed by atoms with E-state index in [-0.39, 0.29) is 17.8 Å². The van der Waals surface area contributed by atoms with Crippen molar-refractivity contribution >= 4 is 17.3 Å². The molecule has 1 fully saturated rings. The number of amides is 1. The van der Waals surface area contributed by atoms with Crippen LogP contribution < -0.4 is 11.1 Å². The van der Waals surface area contributed by atoms with Crippen LogP contribution in [0.25, 0.3) is 0 Å². The second-order valence-corrected chi connectivity index (χ2v) is 5.07. The van der Waals surface area contributed by atoms with Gasteiger partial charge >= 0.3 is 0 Å². The number of nitrogen functional groups attached to an aromatic ring is 1. The van der Waals surface area contributed by atoms with Crippen molar-refractivity contribution in [2.45, 2.75) is 24.9 Å². The zero-order valence-electron chi connectivity index (χ0n) is 11.5. The smallest absolute Gasteiger partial charge is 0.285 e. The van der Waals surface area contributed by atoms with Gasteiger partial charge in [-0.25, -0.2) is 4.39 Å². The van der Waals surface area contributed by atoms with Crippen molar-refractivity contribution in [2.24, 2.45) is 0 Å². The number of nitro benzene ring substituents is 1. The van der Waals surface area contributed by atoms with Crippen molar-refractivity contribution in [1.82, 2.24) is 5.32 Å². The molecule has 1 saturated carbocycles. The number of carbonyl (C=O) groups is 1. The van der Waals surface area contributed by atoms with Crippen molar-refractivity contribution in [3.8, 4) is 0 Å². The van der Waals surface area contributed by atoms with Gasteiger partial charge in [-0.3, -0.25) is 14.9 Å². The van der Waals surface area contributed by atoms with Crippen LogP contribution in [0.3, 0.4) is 0 Å². The Morgan fingerprint density at radius 2 is 2.24 bits per heavy atom. The maximum absolute atomic E-state index is 13.3. The first-order valence-electron chi connectivity index (χ1n) is 6.45. The van der Waals surface area contributed by atoms with Crippen LogP contribution in [0.15, 0.2) is 12.1 Å². The van der Waals surface area contributed by atoms with Crippen LogP contribution in [0.5, 0.6) is 0 Å². The molecule has 0 spiro atoms. The summed E-state index contributed by atoms with van der Waals surface area (Å²) in [6, 6.07) is 1.63. The average Bonchev–Trinajstić information content (AvgIpc) is 2.40. The van der Waals surface area contributed by atoms with Crippen LogP contribution in [0, 0.1) is 15.9 Å². The first kappa shape index (κ1) is 15.2. The fourth-order valence-corrected chi connectivity index (χ4v) is 2.27. The number of carbonyl (C=O) groups excluding carboxylic acids is 1. The Morgan fingerprint density at radius 3 is 2.71 bits per heavy atom. The summed E-state index contributed by atoms with van der Waals surface area (Å²) < 4.78 is 18.6. The number of ether oxygens (including phenoxy) is 1. The molecule has 0 aromatic heterocycles. The molecule has 0 aliphatic heterocycles. The molecule has 3 N–H and O–H groups in total. The highest BCUT2D eigenvalue weighted by Gasteiger charge is 2.37. The van der Waals surface area contributed by atoms with Crippen molar-refractivity contribution in [1.29, 1.82) is 0 Å². The van der Waals surface area contributed by atoms with Gasteiger partial charge in [-0.1, -0.05) is 0 Å². The van der Waals surface area contributed by atoms with Gasteiger partial charge in [0, 0.05) is 13.7 Å². The van der Waals surface area contributed by atoms with Gasteiger partial charge in [0.2, 0.25) is 0 Å². The summed E-state index contributed by atoms with van der Waals surface area (Å²) in [5, 5.41) is 13.5. The van der Waals surface area contributed by atoms with Crippen LogP contribution in [-0.2, 0) is 4.74 Å². The van der Waals surface area contributed by atoms with Gasteiger partial charge in [-0.15, -0.1) is 0 Å². The molecule has 7 nitrogen and oxygen atoms in total. The fraction of sp³-hybridized carbons (Fsp3) is 0.462. The van der Waals surface area contributed by atoms with Gasteiger partial charge in [-0.2, -0.15) is 0 Å². The number of benzene rings is 1. The SMILES string of the molecule is COC1(CNC(=O)c2cc(N)c(F)cc2[N+](=O)[O-])CCC1. The van der Waals surface area contributed by atoms with Crippen LogP contribution >= 0.6 is 0 Å². The largest absolute Gasteiger partial charge is 0.396 e. The highest BCUT2D eigenvalue weighted by Crippen LogP contribution is 2.34. The van der Waals surface area contributed by atoms with Gasteiger partial charge in [0.05, 0.1) is 22.3 Å². The van der Waals surface area contributed by atoms with Gasteiger partial charge in [-0.05, 0) is 25.3 Å². The van der Waals surface area contributed by atoms with E-state index < -0.39 is 27.9 Å². The molecule has 1 aromatic carbocycles. The van der Waals surface area contributed by atoms with Crippen LogP contribution in [0.4, 0.5) is 15.8 Å². The van der Waals surface area contributed by atoms with E-state index in [2.05, 4.69) is 5.32 Å². The normalized spacial score (nSPS) is 16.1. The highest BCUT2D eigenvalue weighted by molar-refractivity contribution is 5.99. The molecule has 0 atom stereocenters. The minimum Gasteiger partial charge on any atom is -0.396 e. The summed E-state index contributed by atoms with van der Waals surface area (Å²) in [6.07, 6.45) is 2.64. The Hall–Kier alpha value is -2.22. The Kier molecular flexibility index (Phi) is 4.08. The number of nitrogens with one attached hydrogen (secondary N) is 1. The van der Waals surface area contributed by atoms with Crippen molar-refractivity contribution in [2.75, 3.05) is 19.4 Å². The third-order valence-electron chi connectivity index (χ3n) is 3.83. The summed E-state index contributed by atoms with van der Waals surface area (Å²) in [7, 11) is 1.56. The lowest BCUT2D eigenvalue weighted by atomic mass is 9.80. The predicted octanol–water partition coefficient (Wildman–Crippen LogP) is 1.61. The number of hydrogen-bond acceptors (Lipinski definition) is 5. The van der Waals surface area contributed by atoms with Crippen molar-refractivity contribution in [3.05, 3.63) is 33.6 Å². The molecular weight excluding hydrogens is 281 g/mol. The maximum atomic E-state index is 13.3. The van der Waals surface area contributed by atoms with Gasteiger partial charge in [0.1, 0.15) is 5.56 Å². The molecule has 0 bridgehead atoms. The van der Waals surface area contributed by atoms with Crippen LogP contribution in [0.2, 0.25) is 0 Å². The van der Waals surface area contributed by atoms with Gasteiger partial charge < -0.3 is 15.8 Å². The second kappa shape index (κ2) is 5.65. The third kappa shape index (κ3) is 2.94. The number of nitro groups is 1. The molecule has 1 aliphatic carbocycles. The minimum atomic E-state index is -0.925. The Balaban J connectivity index is 2.18. The molecular formula is C13H16FN3O4. The molecule has 114 valence electrons. The molecule has 1 amide bonds. The summed E-state index contributed by atoms with van der Waals surface area (Å²) in [6.45, 7) is 0.247. The van der Waals surface area contributed by atoms with E-state index in [4.69, 9.17) is 10.5 Å². The number of halogens is 1. The zero-order chi connectivity index (χ0) is 15.6. The molecule has 0 radical (unpaired) electrons. The molecule has 1 aliphatic rings. The number of methoxy groups -OCH3 is 1. The van der Waals surface area contributed by atoms with Gasteiger partial charge in [0.15, 0.2) is 5.82 Å². The molecule has 0 heterocycles. The lowest BCUT2D eigenvalue weighted by Gasteiger charge is -2.40. The van der Waals surface area contributed by atoms with Gasteiger partial charge in [0.25, 0.3) is 11.6 Å². The Morgan fingerprint density at radius 1 is 1.57 bits per heavy atom. The fourth-order valence-electron chi connectivity index (χ4n) is 2.27. The van der Waals surface area contributed by atoms with E-state index in [9.17, 15) is 19.3 Å². The number of rotatable bonds is 5. The Bertz CT molecular complexity index is 582. The predicted molar refractivity (Wildman–Crippen MR) is 73.4 cm³/mol. The molecule has 0 unspecified atom stereocenters. The monoisotopic (exact) mass is 297 g/mol. The summed E-state index contributed by atoms with van der Waals surface area (Å²) >= 11 is 0. The molecule has 8 heteroatoms. The minimum absolute atomic E-state index is 0.247. The number of nitrogens with zero attached hydrogens (tertiary/aromatic N) is 1.